The maximum absolute atomic E-state index is 11.1. The highest BCUT2D eigenvalue weighted by Gasteiger charge is 2.10. The van der Waals surface area contributed by atoms with Crippen molar-refractivity contribution in [2.24, 2.45) is 0 Å². The van der Waals surface area contributed by atoms with E-state index >= 15 is 0 Å². The number of benzene rings is 2. The predicted octanol–water partition coefficient (Wildman–Crippen LogP) is 3.34. The molecule has 0 unspecified atom stereocenters. The van der Waals surface area contributed by atoms with E-state index < -0.39 is 5.97 Å². The van der Waals surface area contributed by atoms with Crippen LogP contribution in [-0.4, -0.2) is 18.1 Å². The van der Waals surface area contributed by atoms with E-state index in [0.717, 1.165) is 15.2 Å². The first-order valence-corrected chi connectivity index (χ1v) is 5.55. The van der Waals surface area contributed by atoms with Crippen LogP contribution in [-0.2, 0) is 0 Å². The maximum atomic E-state index is 11.1. The van der Waals surface area contributed by atoms with Gasteiger partial charge in [0.1, 0.15) is 0 Å². The van der Waals surface area contributed by atoms with Crippen LogP contribution in [0.15, 0.2) is 34.8 Å². The van der Waals surface area contributed by atoms with E-state index in [1.807, 2.05) is 24.3 Å². The Labute approximate surface area is 101 Å². The van der Waals surface area contributed by atoms with Gasteiger partial charge in [0.05, 0.1) is 5.56 Å². The Kier molecular flexibility index (Phi) is 2.83. The quantitative estimate of drug-likeness (QED) is 0.887. The molecule has 0 fully saturated rings. The van der Waals surface area contributed by atoms with E-state index in [1.54, 1.807) is 13.1 Å². The summed E-state index contributed by atoms with van der Waals surface area (Å²) in [4.78, 5) is 11.1. The van der Waals surface area contributed by atoms with Gasteiger partial charge in [-0.2, -0.15) is 0 Å². The van der Waals surface area contributed by atoms with Crippen LogP contribution in [0.3, 0.4) is 0 Å². The number of carboxylic acids is 1. The van der Waals surface area contributed by atoms with Crippen molar-refractivity contribution in [1.82, 2.24) is 0 Å². The van der Waals surface area contributed by atoms with Crippen LogP contribution < -0.4 is 5.32 Å². The minimum absolute atomic E-state index is 0.285. The molecule has 2 N–H and O–H groups in total. The molecule has 0 saturated heterocycles. The van der Waals surface area contributed by atoms with Crippen molar-refractivity contribution in [3.63, 3.8) is 0 Å². The first-order chi connectivity index (χ1) is 7.61. The summed E-state index contributed by atoms with van der Waals surface area (Å²) < 4.78 is 0.938. The number of nitrogens with one attached hydrogen (secondary N) is 1. The number of aromatic carboxylic acids is 1. The summed E-state index contributed by atoms with van der Waals surface area (Å²) in [6, 6.07) is 9.30. The molecule has 0 aliphatic heterocycles. The molecule has 0 aliphatic rings. The lowest BCUT2D eigenvalue weighted by molar-refractivity contribution is 0.0698. The van der Waals surface area contributed by atoms with E-state index in [4.69, 9.17) is 5.11 Å². The molecule has 0 amide bonds. The predicted molar refractivity (Wildman–Crippen MR) is 68.2 cm³/mol. The van der Waals surface area contributed by atoms with E-state index in [2.05, 4.69) is 21.2 Å². The normalized spacial score (nSPS) is 10.4. The third kappa shape index (κ3) is 1.88. The molecular weight excluding hydrogens is 270 g/mol. The van der Waals surface area contributed by atoms with Crippen LogP contribution >= 0.6 is 15.9 Å². The van der Waals surface area contributed by atoms with Gasteiger partial charge < -0.3 is 10.4 Å². The fraction of sp³-hybridized carbons (Fsp3) is 0.0833. The molecule has 0 aromatic heterocycles. The second kappa shape index (κ2) is 4.14. The molecule has 2 aromatic rings. The first-order valence-electron chi connectivity index (χ1n) is 4.76. The van der Waals surface area contributed by atoms with Crippen molar-refractivity contribution in [2.75, 3.05) is 12.4 Å². The largest absolute Gasteiger partial charge is 0.478 e. The van der Waals surface area contributed by atoms with Crippen LogP contribution in [0.2, 0.25) is 0 Å². The zero-order chi connectivity index (χ0) is 11.7. The van der Waals surface area contributed by atoms with Gasteiger partial charge in [0, 0.05) is 17.2 Å². The van der Waals surface area contributed by atoms with Crippen molar-refractivity contribution in [1.29, 1.82) is 0 Å². The number of rotatable bonds is 2. The van der Waals surface area contributed by atoms with E-state index in [9.17, 15) is 4.79 Å². The van der Waals surface area contributed by atoms with Gasteiger partial charge in [0.2, 0.25) is 0 Å². The lowest BCUT2D eigenvalue weighted by Crippen LogP contribution is -2.02. The van der Waals surface area contributed by atoms with Gasteiger partial charge in [-0.15, -0.1) is 0 Å². The van der Waals surface area contributed by atoms with Crippen LogP contribution in [0, 0.1) is 0 Å². The zero-order valence-corrected chi connectivity index (χ0v) is 10.2. The Hall–Kier alpha value is -1.55. The Bertz CT molecular complexity index is 566. The SMILES string of the molecule is CNc1cc2ccc(Br)cc2cc1C(=O)O. The minimum atomic E-state index is -0.925. The summed E-state index contributed by atoms with van der Waals surface area (Å²) in [5, 5.41) is 13.9. The van der Waals surface area contributed by atoms with Gasteiger partial charge in [-0.25, -0.2) is 4.79 Å². The van der Waals surface area contributed by atoms with E-state index in [-0.39, 0.29) is 5.56 Å². The van der Waals surface area contributed by atoms with Crippen molar-refractivity contribution in [3.05, 3.63) is 40.4 Å². The number of fused-ring (bicyclic) bond motifs is 1. The Balaban J connectivity index is 2.75. The minimum Gasteiger partial charge on any atom is -0.478 e. The maximum Gasteiger partial charge on any atom is 0.337 e. The molecule has 2 aromatic carbocycles. The molecule has 4 heteroatoms. The molecule has 0 bridgehead atoms. The number of carbonyl (C=O) groups is 1. The molecule has 0 saturated carbocycles. The average molecular weight is 280 g/mol. The number of hydrogen-bond acceptors (Lipinski definition) is 2. The van der Waals surface area contributed by atoms with Gasteiger partial charge in [0.25, 0.3) is 0 Å². The highest BCUT2D eigenvalue weighted by Crippen LogP contribution is 2.26. The summed E-state index contributed by atoms with van der Waals surface area (Å²) in [7, 11) is 1.71. The van der Waals surface area contributed by atoms with Crippen LogP contribution in [0.1, 0.15) is 10.4 Å². The van der Waals surface area contributed by atoms with Crippen molar-refractivity contribution in [3.8, 4) is 0 Å². The fourth-order valence-corrected chi connectivity index (χ4v) is 2.03. The molecule has 82 valence electrons. The molecule has 3 nitrogen and oxygen atoms in total. The molecule has 0 radical (unpaired) electrons. The molecule has 0 atom stereocenters. The second-order valence-electron chi connectivity index (χ2n) is 3.44. The van der Waals surface area contributed by atoms with E-state index in [0.29, 0.717) is 5.69 Å². The van der Waals surface area contributed by atoms with Gasteiger partial charge in [0.15, 0.2) is 0 Å². The summed E-state index contributed by atoms with van der Waals surface area (Å²) in [6.07, 6.45) is 0. The van der Waals surface area contributed by atoms with Crippen molar-refractivity contribution >= 4 is 38.4 Å². The molecule has 0 aliphatic carbocycles. The lowest BCUT2D eigenvalue weighted by Gasteiger charge is -2.08. The summed E-state index contributed by atoms with van der Waals surface area (Å²) >= 11 is 3.37. The third-order valence-electron chi connectivity index (χ3n) is 2.44. The first kappa shape index (κ1) is 11.0. The number of anilines is 1. The molecule has 2 rings (SSSR count). The molecule has 16 heavy (non-hydrogen) atoms. The highest BCUT2D eigenvalue weighted by atomic mass is 79.9. The summed E-state index contributed by atoms with van der Waals surface area (Å²) in [5.41, 5.74) is 0.912. The smallest absolute Gasteiger partial charge is 0.337 e. The monoisotopic (exact) mass is 279 g/mol. The van der Waals surface area contributed by atoms with Gasteiger partial charge >= 0.3 is 5.97 Å². The van der Waals surface area contributed by atoms with Gasteiger partial charge in [-0.05, 0) is 35.0 Å². The zero-order valence-electron chi connectivity index (χ0n) is 8.62. The summed E-state index contributed by atoms with van der Waals surface area (Å²) in [6.45, 7) is 0. The standard InChI is InChI=1S/C12H10BrNO2/c1-14-11-6-7-2-3-9(13)4-8(7)5-10(11)12(15)16/h2-6,14H,1H3,(H,15,16). The molecule has 0 heterocycles. The number of halogens is 1. The Morgan fingerprint density at radius 1 is 1.25 bits per heavy atom. The van der Waals surface area contributed by atoms with Gasteiger partial charge in [-0.1, -0.05) is 22.0 Å². The summed E-state index contributed by atoms with van der Waals surface area (Å²) in [5.74, 6) is -0.925. The van der Waals surface area contributed by atoms with Crippen LogP contribution in [0.4, 0.5) is 5.69 Å². The highest BCUT2D eigenvalue weighted by molar-refractivity contribution is 9.10. The van der Waals surface area contributed by atoms with E-state index in [1.165, 1.54) is 0 Å². The number of hydrogen-bond donors (Lipinski definition) is 2. The number of carboxylic acid groups (broad SMARTS) is 1. The van der Waals surface area contributed by atoms with Crippen LogP contribution in [0.25, 0.3) is 10.8 Å². The molecular formula is C12H10BrNO2. The fourth-order valence-electron chi connectivity index (χ4n) is 1.65. The van der Waals surface area contributed by atoms with Crippen molar-refractivity contribution in [2.45, 2.75) is 0 Å². The molecule has 0 spiro atoms. The van der Waals surface area contributed by atoms with Gasteiger partial charge in [-0.3, -0.25) is 0 Å². The van der Waals surface area contributed by atoms with Crippen LogP contribution in [0.5, 0.6) is 0 Å². The average Bonchev–Trinajstić information content (AvgIpc) is 2.27. The Morgan fingerprint density at radius 3 is 2.62 bits per heavy atom. The van der Waals surface area contributed by atoms with Crippen molar-refractivity contribution < 1.29 is 9.90 Å². The topological polar surface area (TPSA) is 49.3 Å². The lowest BCUT2D eigenvalue weighted by atomic mass is 10.0. The second-order valence-corrected chi connectivity index (χ2v) is 4.36. The Morgan fingerprint density at radius 2 is 2.00 bits per heavy atom. The third-order valence-corrected chi connectivity index (χ3v) is 2.93.